The molecule has 1 unspecified atom stereocenters. The first-order valence-electron chi connectivity index (χ1n) is 8.94. The number of amides is 1. The van der Waals surface area contributed by atoms with Gasteiger partial charge in [0.25, 0.3) is 0 Å². The monoisotopic (exact) mass is 392 g/mol. The summed E-state index contributed by atoms with van der Waals surface area (Å²) in [6.45, 7) is 1.92. The molecule has 0 radical (unpaired) electrons. The number of anilines is 1. The van der Waals surface area contributed by atoms with Crippen LogP contribution in [-0.4, -0.2) is 28.0 Å². The third-order valence-electron chi connectivity index (χ3n) is 4.55. The first-order valence-corrected chi connectivity index (χ1v) is 9.89. The van der Waals surface area contributed by atoms with Crippen molar-refractivity contribution in [2.75, 3.05) is 12.4 Å². The average Bonchev–Trinajstić information content (AvgIpc) is 3.37. The molecular weight excluding hydrogens is 372 g/mol. The van der Waals surface area contributed by atoms with Crippen molar-refractivity contribution in [3.63, 3.8) is 0 Å². The highest BCUT2D eigenvalue weighted by molar-refractivity contribution is 7.07. The van der Waals surface area contributed by atoms with Gasteiger partial charge < -0.3 is 15.0 Å². The number of imidazole rings is 1. The Balaban J connectivity index is 1.46. The van der Waals surface area contributed by atoms with E-state index in [9.17, 15) is 4.79 Å². The minimum atomic E-state index is -0.171. The smallest absolute Gasteiger partial charge is 0.227 e. The van der Waals surface area contributed by atoms with E-state index in [2.05, 4.69) is 20.3 Å². The standard InChI is InChI=1S/C21H20N4O2S/c1-13(8-14-4-3-5-16(9-14)27-2)21(26)23-15-6-7-17-18(10-15)25-20(24-17)19-11-28-12-22-19/h3-7,9-13H,8H2,1-2H3,(H,23,26)(H,24,25). The summed E-state index contributed by atoms with van der Waals surface area (Å²) in [5, 5.41) is 4.94. The summed E-state index contributed by atoms with van der Waals surface area (Å²) in [5.74, 6) is 1.33. The Morgan fingerprint density at radius 2 is 2.18 bits per heavy atom. The van der Waals surface area contributed by atoms with Gasteiger partial charge in [0.2, 0.25) is 5.91 Å². The van der Waals surface area contributed by atoms with E-state index in [0.717, 1.165) is 39.6 Å². The number of benzene rings is 2. The van der Waals surface area contributed by atoms with E-state index in [1.54, 1.807) is 12.6 Å². The summed E-state index contributed by atoms with van der Waals surface area (Å²) in [5.41, 5.74) is 6.10. The minimum Gasteiger partial charge on any atom is -0.497 e. The minimum absolute atomic E-state index is 0.0265. The number of H-pyrrole nitrogens is 1. The lowest BCUT2D eigenvalue weighted by Gasteiger charge is -2.13. The van der Waals surface area contributed by atoms with Crippen molar-refractivity contribution in [2.24, 2.45) is 5.92 Å². The van der Waals surface area contributed by atoms with Gasteiger partial charge in [0, 0.05) is 17.0 Å². The van der Waals surface area contributed by atoms with E-state index in [0.29, 0.717) is 6.42 Å². The van der Waals surface area contributed by atoms with E-state index in [1.807, 2.05) is 54.8 Å². The quantitative estimate of drug-likeness (QED) is 0.506. The van der Waals surface area contributed by atoms with Gasteiger partial charge in [-0.3, -0.25) is 4.79 Å². The largest absolute Gasteiger partial charge is 0.497 e. The molecular formula is C21H20N4O2S. The molecule has 1 atom stereocenters. The molecule has 0 fully saturated rings. The highest BCUT2D eigenvalue weighted by atomic mass is 32.1. The van der Waals surface area contributed by atoms with Crippen molar-refractivity contribution >= 4 is 34.0 Å². The molecule has 2 aromatic heterocycles. The van der Waals surface area contributed by atoms with Crippen molar-refractivity contribution in [2.45, 2.75) is 13.3 Å². The first-order chi connectivity index (χ1) is 13.6. The molecule has 1 amide bonds. The summed E-state index contributed by atoms with van der Waals surface area (Å²) < 4.78 is 5.25. The predicted octanol–water partition coefficient (Wildman–Crippen LogP) is 4.51. The van der Waals surface area contributed by atoms with Crippen LogP contribution in [0.1, 0.15) is 12.5 Å². The average molecular weight is 392 g/mol. The Morgan fingerprint density at radius 1 is 1.29 bits per heavy atom. The fourth-order valence-electron chi connectivity index (χ4n) is 3.05. The van der Waals surface area contributed by atoms with E-state index in [-0.39, 0.29) is 11.8 Å². The third kappa shape index (κ3) is 3.89. The Labute approximate surface area is 166 Å². The zero-order valence-corrected chi connectivity index (χ0v) is 16.4. The summed E-state index contributed by atoms with van der Waals surface area (Å²) in [7, 11) is 1.64. The molecule has 0 bridgehead atoms. The first kappa shape index (κ1) is 18.2. The number of methoxy groups -OCH3 is 1. The molecule has 2 N–H and O–H groups in total. The summed E-state index contributed by atoms with van der Waals surface area (Å²) >= 11 is 1.53. The Morgan fingerprint density at radius 3 is 2.96 bits per heavy atom. The molecule has 0 saturated carbocycles. The van der Waals surface area contributed by atoms with E-state index in [4.69, 9.17) is 4.74 Å². The van der Waals surface area contributed by atoms with Crippen LogP contribution in [0.25, 0.3) is 22.6 Å². The number of thiazole rings is 1. The van der Waals surface area contributed by atoms with Gasteiger partial charge >= 0.3 is 0 Å². The molecule has 2 aromatic carbocycles. The number of rotatable bonds is 6. The van der Waals surface area contributed by atoms with Crippen LogP contribution in [0.15, 0.2) is 53.4 Å². The molecule has 142 valence electrons. The molecule has 28 heavy (non-hydrogen) atoms. The van der Waals surface area contributed by atoms with Crippen LogP contribution in [0, 0.1) is 5.92 Å². The van der Waals surface area contributed by atoms with Crippen molar-refractivity contribution in [3.05, 3.63) is 58.9 Å². The topological polar surface area (TPSA) is 79.9 Å². The molecule has 0 saturated heterocycles. The fraction of sp³-hybridized carbons (Fsp3) is 0.190. The number of fused-ring (bicyclic) bond motifs is 1. The van der Waals surface area contributed by atoms with Crippen LogP contribution in [0.4, 0.5) is 5.69 Å². The van der Waals surface area contributed by atoms with Crippen molar-refractivity contribution < 1.29 is 9.53 Å². The maximum absolute atomic E-state index is 12.6. The fourth-order valence-corrected chi connectivity index (χ4v) is 3.59. The van der Waals surface area contributed by atoms with Gasteiger partial charge in [0.15, 0.2) is 5.82 Å². The molecule has 6 nitrogen and oxygen atoms in total. The number of nitrogens with zero attached hydrogens (tertiary/aromatic N) is 2. The lowest BCUT2D eigenvalue weighted by molar-refractivity contribution is -0.119. The Kier molecular flexibility index (Phi) is 5.08. The number of nitrogens with one attached hydrogen (secondary N) is 2. The Bertz CT molecular complexity index is 1100. The number of aromatic nitrogens is 3. The van der Waals surface area contributed by atoms with Gasteiger partial charge in [-0.05, 0) is 42.3 Å². The molecule has 0 spiro atoms. The van der Waals surface area contributed by atoms with Gasteiger partial charge in [-0.1, -0.05) is 19.1 Å². The van der Waals surface area contributed by atoms with E-state index < -0.39 is 0 Å². The zero-order chi connectivity index (χ0) is 19.5. The van der Waals surface area contributed by atoms with Crippen molar-refractivity contribution in [1.29, 1.82) is 0 Å². The van der Waals surface area contributed by atoms with Crippen molar-refractivity contribution in [3.8, 4) is 17.3 Å². The second-order valence-corrected chi connectivity index (χ2v) is 7.36. The third-order valence-corrected chi connectivity index (χ3v) is 5.13. The van der Waals surface area contributed by atoms with Crippen LogP contribution in [-0.2, 0) is 11.2 Å². The summed E-state index contributed by atoms with van der Waals surface area (Å²) in [4.78, 5) is 24.7. The SMILES string of the molecule is COc1cccc(CC(C)C(=O)Nc2ccc3nc(-c4cscn4)[nH]c3c2)c1. The number of carbonyl (C=O) groups excluding carboxylic acids is 1. The lowest BCUT2D eigenvalue weighted by Crippen LogP contribution is -2.22. The molecule has 2 heterocycles. The molecule has 4 aromatic rings. The summed E-state index contributed by atoms with van der Waals surface area (Å²) in [6.07, 6.45) is 0.642. The summed E-state index contributed by atoms with van der Waals surface area (Å²) in [6, 6.07) is 13.4. The van der Waals surface area contributed by atoms with E-state index in [1.165, 1.54) is 11.3 Å². The normalized spacial score (nSPS) is 12.1. The molecule has 4 rings (SSSR count). The maximum atomic E-state index is 12.6. The molecule has 0 aliphatic rings. The van der Waals surface area contributed by atoms with Crippen LogP contribution < -0.4 is 10.1 Å². The van der Waals surface area contributed by atoms with Gasteiger partial charge in [-0.25, -0.2) is 9.97 Å². The van der Waals surface area contributed by atoms with Gasteiger partial charge in [-0.2, -0.15) is 0 Å². The van der Waals surface area contributed by atoms with Crippen molar-refractivity contribution in [1.82, 2.24) is 15.0 Å². The Hall–Kier alpha value is -3.19. The lowest BCUT2D eigenvalue weighted by atomic mass is 10.00. The number of hydrogen-bond acceptors (Lipinski definition) is 5. The van der Waals surface area contributed by atoms with Crippen LogP contribution in [0.3, 0.4) is 0 Å². The molecule has 0 aliphatic carbocycles. The highest BCUT2D eigenvalue weighted by Gasteiger charge is 2.15. The second-order valence-electron chi connectivity index (χ2n) is 6.64. The predicted molar refractivity (Wildman–Crippen MR) is 112 cm³/mol. The van der Waals surface area contributed by atoms with Gasteiger partial charge in [-0.15, -0.1) is 11.3 Å². The number of ether oxygens (including phenoxy) is 1. The maximum Gasteiger partial charge on any atom is 0.227 e. The molecule has 0 aliphatic heterocycles. The van der Waals surface area contributed by atoms with Crippen LogP contribution in [0.2, 0.25) is 0 Å². The van der Waals surface area contributed by atoms with Gasteiger partial charge in [0.1, 0.15) is 11.4 Å². The number of hydrogen-bond donors (Lipinski definition) is 2. The zero-order valence-electron chi connectivity index (χ0n) is 15.6. The van der Waals surface area contributed by atoms with Crippen LogP contribution >= 0.6 is 11.3 Å². The number of carbonyl (C=O) groups is 1. The highest BCUT2D eigenvalue weighted by Crippen LogP contribution is 2.23. The number of aromatic amines is 1. The van der Waals surface area contributed by atoms with Gasteiger partial charge in [0.05, 0.1) is 23.7 Å². The second kappa shape index (κ2) is 7.82. The van der Waals surface area contributed by atoms with Crippen LogP contribution in [0.5, 0.6) is 5.75 Å². The molecule has 7 heteroatoms. The van der Waals surface area contributed by atoms with E-state index >= 15 is 0 Å².